The van der Waals surface area contributed by atoms with Crippen LogP contribution in [0.3, 0.4) is 0 Å². The second-order valence-corrected chi connectivity index (χ2v) is 6.75. The van der Waals surface area contributed by atoms with Gasteiger partial charge in [0.1, 0.15) is 5.60 Å². The molecule has 122 valence electrons. The molecular formula is C16H25N3O3. The minimum atomic E-state index is -0.504. The van der Waals surface area contributed by atoms with E-state index in [1.807, 2.05) is 33.8 Å². The molecule has 1 aliphatic heterocycles. The molecule has 0 unspecified atom stereocenters. The van der Waals surface area contributed by atoms with Crippen molar-refractivity contribution < 1.29 is 14.3 Å². The second-order valence-electron chi connectivity index (χ2n) is 6.75. The summed E-state index contributed by atoms with van der Waals surface area (Å²) in [5.74, 6) is 0. The summed E-state index contributed by atoms with van der Waals surface area (Å²) in [6, 6.07) is 1.86. The lowest BCUT2D eigenvalue weighted by Gasteiger charge is -2.35. The largest absolute Gasteiger partial charge is 0.444 e. The van der Waals surface area contributed by atoms with E-state index in [4.69, 9.17) is 15.2 Å². The average Bonchev–Trinajstić information content (AvgIpc) is 2.35. The zero-order valence-corrected chi connectivity index (χ0v) is 13.6. The molecule has 1 fully saturated rings. The van der Waals surface area contributed by atoms with Crippen molar-refractivity contribution in [1.29, 1.82) is 0 Å². The maximum Gasteiger partial charge on any atom is 0.407 e. The molecule has 0 radical (unpaired) electrons. The monoisotopic (exact) mass is 307 g/mol. The molecule has 6 nitrogen and oxygen atoms in total. The summed E-state index contributed by atoms with van der Waals surface area (Å²) in [5, 5.41) is 2.93. The van der Waals surface area contributed by atoms with Crippen molar-refractivity contribution in [3.05, 3.63) is 24.0 Å². The van der Waals surface area contributed by atoms with Crippen molar-refractivity contribution in [3.63, 3.8) is 0 Å². The Morgan fingerprint density at radius 1 is 1.45 bits per heavy atom. The van der Waals surface area contributed by atoms with Crippen LogP contribution in [-0.2, 0) is 9.47 Å². The summed E-state index contributed by atoms with van der Waals surface area (Å²) in [7, 11) is 0. The summed E-state index contributed by atoms with van der Waals surface area (Å²) < 4.78 is 11.3. The SMILES string of the molecule is C[C@H]1C[C@@H](NC(=O)OC(C)(C)C)C[C@@H](c2ccncc2N)O1. The number of hydrogen-bond donors (Lipinski definition) is 2. The standard InChI is InChI=1S/C16H25N3O3/c1-10-7-11(19-15(20)22-16(2,3)4)8-14(21-10)12-5-6-18-9-13(12)17/h5-6,9-11,14H,7-8,17H2,1-4H3,(H,19,20)/t10-,11+,14-/m0/s1. The number of ether oxygens (including phenoxy) is 2. The van der Waals surface area contributed by atoms with Gasteiger partial charge in [0.2, 0.25) is 0 Å². The van der Waals surface area contributed by atoms with Gasteiger partial charge in [0, 0.05) is 17.8 Å². The highest BCUT2D eigenvalue weighted by Gasteiger charge is 2.31. The van der Waals surface area contributed by atoms with E-state index in [1.165, 1.54) is 0 Å². The van der Waals surface area contributed by atoms with Crippen molar-refractivity contribution >= 4 is 11.8 Å². The van der Waals surface area contributed by atoms with Gasteiger partial charge in [-0.1, -0.05) is 0 Å². The number of nitrogens with one attached hydrogen (secondary N) is 1. The van der Waals surface area contributed by atoms with Gasteiger partial charge in [-0.15, -0.1) is 0 Å². The molecule has 6 heteroatoms. The summed E-state index contributed by atoms with van der Waals surface area (Å²) in [5.41, 5.74) is 6.99. The van der Waals surface area contributed by atoms with E-state index in [9.17, 15) is 4.79 Å². The number of nitrogens with two attached hydrogens (primary N) is 1. The number of aromatic nitrogens is 1. The first-order chi connectivity index (χ1) is 10.2. The fraction of sp³-hybridized carbons (Fsp3) is 0.625. The molecule has 22 heavy (non-hydrogen) atoms. The van der Waals surface area contributed by atoms with E-state index >= 15 is 0 Å². The van der Waals surface area contributed by atoms with Crippen LogP contribution in [0.2, 0.25) is 0 Å². The van der Waals surface area contributed by atoms with E-state index in [1.54, 1.807) is 12.4 Å². The Bertz CT molecular complexity index is 528. The Hall–Kier alpha value is -1.82. The highest BCUT2D eigenvalue weighted by atomic mass is 16.6. The van der Waals surface area contributed by atoms with Crippen molar-refractivity contribution in [2.75, 3.05) is 5.73 Å². The fourth-order valence-corrected chi connectivity index (χ4v) is 2.65. The molecule has 2 rings (SSSR count). The topological polar surface area (TPSA) is 86.5 Å². The highest BCUT2D eigenvalue weighted by molar-refractivity contribution is 5.68. The van der Waals surface area contributed by atoms with Crippen molar-refractivity contribution in [3.8, 4) is 0 Å². The molecule has 1 saturated heterocycles. The van der Waals surface area contributed by atoms with Crippen LogP contribution in [0.5, 0.6) is 0 Å². The van der Waals surface area contributed by atoms with Gasteiger partial charge in [-0.3, -0.25) is 4.98 Å². The van der Waals surface area contributed by atoms with Crippen LogP contribution >= 0.6 is 0 Å². The average molecular weight is 307 g/mol. The Labute approximate surface area is 131 Å². The van der Waals surface area contributed by atoms with Crippen LogP contribution < -0.4 is 11.1 Å². The Morgan fingerprint density at radius 2 is 2.18 bits per heavy atom. The number of pyridine rings is 1. The Balaban J connectivity index is 2.02. The first-order valence-corrected chi connectivity index (χ1v) is 7.59. The van der Waals surface area contributed by atoms with Crippen LogP contribution in [0, 0.1) is 0 Å². The maximum atomic E-state index is 11.9. The molecule has 2 heterocycles. The summed E-state index contributed by atoms with van der Waals surface area (Å²) in [4.78, 5) is 15.9. The molecule has 3 atom stereocenters. The molecule has 0 spiro atoms. The minimum Gasteiger partial charge on any atom is -0.444 e. The molecule has 1 aliphatic rings. The van der Waals surface area contributed by atoms with Crippen LogP contribution in [-0.4, -0.2) is 28.8 Å². The second kappa shape index (κ2) is 6.52. The lowest BCUT2D eigenvalue weighted by molar-refractivity contribution is -0.0542. The number of nitrogens with zero attached hydrogens (tertiary/aromatic N) is 1. The number of rotatable bonds is 2. The van der Waals surface area contributed by atoms with Gasteiger partial charge in [-0.2, -0.15) is 0 Å². The van der Waals surface area contributed by atoms with E-state index in [-0.39, 0.29) is 18.2 Å². The zero-order chi connectivity index (χ0) is 16.3. The molecule has 3 N–H and O–H groups in total. The van der Waals surface area contributed by atoms with Crippen LogP contribution in [0.25, 0.3) is 0 Å². The zero-order valence-electron chi connectivity index (χ0n) is 13.6. The number of anilines is 1. The van der Waals surface area contributed by atoms with E-state index in [0.717, 1.165) is 12.0 Å². The number of nitrogen functional groups attached to an aromatic ring is 1. The first kappa shape index (κ1) is 16.5. The van der Waals surface area contributed by atoms with Crippen LogP contribution in [0.4, 0.5) is 10.5 Å². The van der Waals surface area contributed by atoms with Gasteiger partial charge in [0.05, 0.1) is 24.1 Å². The van der Waals surface area contributed by atoms with Crippen molar-refractivity contribution in [2.24, 2.45) is 0 Å². The van der Waals surface area contributed by atoms with Gasteiger partial charge in [0.25, 0.3) is 0 Å². The quantitative estimate of drug-likeness (QED) is 0.877. The normalized spacial score (nSPS) is 25.5. The van der Waals surface area contributed by atoms with E-state index in [2.05, 4.69) is 10.3 Å². The molecular weight excluding hydrogens is 282 g/mol. The van der Waals surface area contributed by atoms with E-state index < -0.39 is 11.7 Å². The predicted octanol–water partition coefficient (Wildman–Crippen LogP) is 2.80. The van der Waals surface area contributed by atoms with Gasteiger partial charge in [-0.25, -0.2) is 4.79 Å². The van der Waals surface area contributed by atoms with E-state index in [0.29, 0.717) is 12.1 Å². The number of carbonyl (C=O) groups excluding carboxylic acids is 1. The lowest BCUT2D eigenvalue weighted by Crippen LogP contribution is -2.44. The Kier molecular flexibility index (Phi) is 4.90. The molecule has 0 aromatic carbocycles. The number of alkyl carbamates (subject to hydrolysis) is 1. The lowest BCUT2D eigenvalue weighted by atomic mass is 9.94. The van der Waals surface area contributed by atoms with Crippen molar-refractivity contribution in [1.82, 2.24) is 10.3 Å². The number of hydrogen-bond acceptors (Lipinski definition) is 5. The summed E-state index contributed by atoms with van der Waals surface area (Å²) >= 11 is 0. The van der Waals surface area contributed by atoms with Gasteiger partial charge < -0.3 is 20.5 Å². The third kappa shape index (κ3) is 4.59. The molecule has 1 aromatic rings. The van der Waals surface area contributed by atoms with Crippen LogP contribution in [0.15, 0.2) is 18.5 Å². The maximum absolute atomic E-state index is 11.9. The summed E-state index contributed by atoms with van der Waals surface area (Å²) in [6.07, 6.45) is 4.23. The molecule has 0 saturated carbocycles. The minimum absolute atomic E-state index is 0.00355. The number of carbonyl (C=O) groups is 1. The summed E-state index contributed by atoms with van der Waals surface area (Å²) in [6.45, 7) is 7.53. The first-order valence-electron chi connectivity index (χ1n) is 7.59. The smallest absolute Gasteiger partial charge is 0.407 e. The third-order valence-electron chi connectivity index (χ3n) is 3.47. The molecule has 1 aromatic heterocycles. The highest BCUT2D eigenvalue weighted by Crippen LogP contribution is 2.33. The third-order valence-corrected chi connectivity index (χ3v) is 3.47. The molecule has 0 bridgehead atoms. The van der Waals surface area contributed by atoms with Crippen LogP contribution in [0.1, 0.15) is 52.2 Å². The van der Waals surface area contributed by atoms with Gasteiger partial charge in [-0.05, 0) is 46.6 Å². The molecule has 0 aliphatic carbocycles. The van der Waals surface area contributed by atoms with Gasteiger partial charge in [0.15, 0.2) is 0 Å². The molecule has 1 amide bonds. The predicted molar refractivity (Wildman–Crippen MR) is 84.3 cm³/mol. The number of amides is 1. The van der Waals surface area contributed by atoms with Crippen molar-refractivity contribution in [2.45, 2.75) is 64.4 Å². The van der Waals surface area contributed by atoms with Gasteiger partial charge >= 0.3 is 6.09 Å². The fourth-order valence-electron chi connectivity index (χ4n) is 2.65. The Morgan fingerprint density at radius 3 is 2.82 bits per heavy atom.